The number of rotatable bonds is 4. The Morgan fingerprint density at radius 1 is 1.21 bits per heavy atom. The summed E-state index contributed by atoms with van der Waals surface area (Å²) in [6, 6.07) is 10.0. The van der Waals surface area contributed by atoms with Crippen molar-refractivity contribution < 1.29 is 4.79 Å². The van der Waals surface area contributed by atoms with Gasteiger partial charge in [-0.05, 0) is 44.5 Å². The highest BCUT2D eigenvalue weighted by Gasteiger charge is 2.15. The van der Waals surface area contributed by atoms with E-state index >= 15 is 0 Å². The largest absolute Gasteiger partial charge is 0.369 e. The fraction of sp³-hybridized carbons (Fsp3) is 0.316. The van der Waals surface area contributed by atoms with Crippen molar-refractivity contribution in [1.29, 1.82) is 0 Å². The van der Waals surface area contributed by atoms with Crippen molar-refractivity contribution in [3.63, 3.8) is 0 Å². The first-order valence-electron chi connectivity index (χ1n) is 8.17. The molecule has 3 rings (SSSR count). The van der Waals surface area contributed by atoms with Gasteiger partial charge in [0.1, 0.15) is 11.3 Å². The summed E-state index contributed by atoms with van der Waals surface area (Å²) < 4.78 is 2.16. The summed E-state index contributed by atoms with van der Waals surface area (Å²) in [5.74, 6) is 0.386. The molecule has 0 spiro atoms. The highest BCUT2D eigenvalue weighted by atomic mass is 16.1. The van der Waals surface area contributed by atoms with E-state index in [2.05, 4.69) is 22.5 Å². The summed E-state index contributed by atoms with van der Waals surface area (Å²) in [5.41, 5.74) is 11.3. The second-order valence-electron chi connectivity index (χ2n) is 6.15. The minimum Gasteiger partial charge on any atom is -0.369 e. The summed E-state index contributed by atoms with van der Waals surface area (Å²) in [7, 11) is 0. The molecule has 0 aliphatic heterocycles. The van der Waals surface area contributed by atoms with Crippen LogP contribution in [0.3, 0.4) is 0 Å². The Bertz CT molecular complexity index is 909. The smallest absolute Gasteiger partial charge is 0.224 e. The number of benzene rings is 1. The molecule has 1 aromatic carbocycles. The molecule has 1 amide bonds. The molecule has 5 heteroatoms. The van der Waals surface area contributed by atoms with E-state index in [0.717, 1.165) is 45.9 Å². The van der Waals surface area contributed by atoms with Gasteiger partial charge in [0.25, 0.3) is 0 Å². The number of imidazole rings is 1. The number of carbonyl (C=O) groups excluding carboxylic acids is 1. The summed E-state index contributed by atoms with van der Waals surface area (Å²) in [4.78, 5) is 20.6. The minimum absolute atomic E-state index is 0.294. The predicted molar refractivity (Wildman–Crippen MR) is 95.3 cm³/mol. The molecule has 0 aliphatic carbocycles. The molecule has 0 fully saturated rings. The summed E-state index contributed by atoms with van der Waals surface area (Å²) in [5, 5.41) is 0. The Kier molecular flexibility index (Phi) is 4.09. The Hall–Kier alpha value is -2.69. The van der Waals surface area contributed by atoms with E-state index in [1.54, 1.807) is 0 Å². The van der Waals surface area contributed by atoms with Gasteiger partial charge >= 0.3 is 0 Å². The number of primary amides is 1. The highest BCUT2D eigenvalue weighted by Crippen LogP contribution is 2.25. The van der Waals surface area contributed by atoms with E-state index in [-0.39, 0.29) is 11.8 Å². The number of aromatic nitrogens is 3. The molecule has 5 nitrogen and oxygen atoms in total. The number of hydrogen-bond donors (Lipinski definition) is 1. The molecule has 0 saturated heterocycles. The number of pyridine rings is 1. The zero-order valence-corrected chi connectivity index (χ0v) is 14.5. The number of aryl methyl sites for hydroxylation is 3. The maximum atomic E-state index is 11.4. The third-order valence-electron chi connectivity index (χ3n) is 4.41. The van der Waals surface area contributed by atoms with Gasteiger partial charge in [-0.2, -0.15) is 0 Å². The van der Waals surface area contributed by atoms with Crippen LogP contribution in [0.1, 0.15) is 42.5 Å². The molecule has 124 valence electrons. The summed E-state index contributed by atoms with van der Waals surface area (Å²) >= 11 is 0. The number of nitrogens with two attached hydrogens (primary N) is 1. The zero-order valence-electron chi connectivity index (χ0n) is 14.5. The van der Waals surface area contributed by atoms with Crippen LogP contribution in [0, 0.1) is 13.8 Å². The van der Waals surface area contributed by atoms with Crippen molar-refractivity contribution in [1.82, 2.24) is 14.5 Å². The Morgan fingerprint density at radius 2 is 1.88 bits per heavy atom. The third-order valence-corrected chi connectivity index (χ3v) is 4.41. The Labute approximate surface area is 141 Å². The average molecular weight is 322 g/mol. The highest BCUT2D eigenvalue weighted by molar-refractivity contribution is 5.82. The van der Waals surface area contributed by atoms with Gasteiger partial charge in [0.05, 0.1) is 17.1 Å². The van der Waals surface area contributed by atoms with Crippen molar-refractivity contribution in [2.24, 2.45) is 5.73 Å². The van der Waals surface area contributed by atoms with Gasteiger partial charge in [0.15, 0.2) is 0 Å². The number of nitrogens with zero attached hydrogens (tertiary/aromatic N) is 3. The number of hydrogen-bond acceptors (Lipinski definition) is 3. The molecule has 24 heavy (non-hydrogen) atoms. The first-order valence-corrected chi connectivity index (χ1v) is 8.17. The van der Waals surface area contributed by atoms with Crippen LogP contribution >= 0.6 is 0 Å². The lowest BCUT2D eigenvalue weighted by Crippen LogP contribution is -2.18. The number of amides is 1. The van der Waals surface area contributed by atoms with E-state index in [0.29, 0.717) is 0 Å². The van der Waals surface area contributed by atoms with Crippen molar-refractivity contribution in [2.75, 3.05) is 0 Å². The Balaban J connectivity index is 2.17. The van der Waals surface area contributed by atoms with Gasteiger partial charge in [-0.25, -0.2) is 4.98 Å². The molecule has 3 aromatic rings. The van der Waals surface area contributed by atoms with Gasteiger partial charge in [0, 0.05) is 17.8 Å². The molecule has 0 radical (unpaired) electrons. The third kappa shape index (κ3) is 2.66. The lowest BCUT2D eigenvalue weighted by molar-refractivity contribution is -0.119. The SMILES string of the molecule is CCc1nc2c(C)nc(C)cc2n1-c1ccc(C(C)C(N)=O)cc1. The molecule has 0 bridgehead atoms. The second-order valence-corrected chi connectivity index (χ2v) is 6.15. The topological polar surface area (TPSA) is 73.8 Å². The minimum atomic E-state index is -0.317. The van der Waals surface area contributed by atoms with Gasteiger partial charge < -0.3 is 5.73 Å². The quantitative estimate of drug-likeness (QED) is 0.801. The maximum absolute atomic E-state index is 11.4. The molecule has 1 unspecified atom stereocenters. The van der Waals surface area contributed by atoms with Crippen molar-refractivity contribution in [3.8, 4) is 5.69 Å². The van der Waals surface area contributed by atoms with Gasteiger partial charge in [-0.3, -0.25) is 14.3 Å². The van der Waals surface area contributed by atoms with E-state index in [1.165, 1.54) is 0 Å². The van der Waals surface area contributed by atoms with E-state index in [4.69, 9.17) is 10.7 Å². The molecule has 2 aromatic heterocycles. The van der Waals surface area contributed by atoms with E-state index < -0.39 is 0 Å². The molecule has 1 atom stereocenters. The van der Waals surface area contributed by atoms with Crippen LogP contribution < -0.4 is 5.73 Å². The summed E-state index contributed by atoms with van der Waals surface area (Å²) in [6.07, 6.45) is 0.826. The Morgan fingerprint density at radius 3 is 2.46 bits per heavy atom. The monoisotopic (exact) mass is 322 g/mol. The van der Waals surface area contributed by atoms with Gasteiger partial charge in [-0.1, -0.05) is 19.1 Å². The normalized spacial score (nSPS) is 12.5. The average Bonchev–Trinajstić information content (AvgIpc) is 2.93. The lowest BCUT2D eigenvalue weighted by Gasteiger charge is -2.12. The maximum Gasteiger partial charge on any atom is 0.224 e. The molecular formula is C19H22N4O. The van der Waals surface area contributed by atoms with Crippen molar-refractivity contribution in [2.45, 2.75) is 40.0 Å². The fourth-order valence-corrected chi connectivity index (χ4v) is 3.03. The van der Waals surface area contributed by atoms with Gasteiger partial charge in [-0.15, -0.1) is 0 Å². The molecule has 2 heterocycles. The van der Waals surface area contributed by atoms with Crippen LogP contribution in [0.4, 0.5) is 0 Å². The summed E-state index contributed by atoms with van der Waals surface area (Å²) in [6.45, 7) is 7.90. The van der Waals surface area contributed by atoms with E-state index in [1.807, 2.05) is 45.0 Å². The van der Waals surface area contributed by atoms with E-state index in [9.17, 15) is 4.79 Å². The van der Waals surface area contributed by atoms with Crippen LogP contribution in [0.25, 0.3) is 16.7 Å². The molecule has 0 aliphatic rings. The second kappa shape index (κ2) is 6.07. The zero-order chi connectivity index (χ0) is 17.4. The standard InChI is InChI=1S/C19H22N4O/c1-5-17-22-18-13(4)21-11(2)10-16(18)23(17)15-8-6-14(7-9-15)12(3)19(20)24/h6-10,12H,5H2,1-4H3,(H2,20,24). The first-order chi connectivity index (χ1) is 11.4. The number of fused-ring (bicyclic) bond motifs is 1. The molecule has 0 saturated carbocycles. The molecular weight excluding hydrogens is 300 g/mol. The fourth-order valence-electron chi connectivity index (χ4n) is 3.03. The van der Waals surface area contributed by atoms with Crippen molar-refractivity contribution >= 4 is 16.9 Å². The number of carbonyl (C=O) groups is 1. The van der Waals surface area contributed by atoms with Crippen LogP contribution in [0.15, 0.2) is 30.3 Å². The van der Waals surface area contributed by atoms with Crippen LogP contribution in [0.2, 0.25) is 0 Å². The van der Waals surface area contributed by atoms with Gasteiger partial charge in [0.2, 0.25) is 5.91 Å². The first kappa shape index (κ1) is 16.2. The van der Waals surface area contributed by atoms with Crippen LogP contribution in [0.5, 0.6) is 0 Å². The van der Waals surface area contributed by atoms with Crippen LogP contribution in [-0.4, -0.2) is 20.4 Å². The van der Waals surface area contributed by atoms with Crippen molar-refractivity contribution in [3.05, 3.63) is 53.1 Å². The van der Waals surface area contributed by atoms with Crippen LogP contribution in [-0.2, 0) is 11.2 Å². The molecule has 2 N–H and O–H groups in total. The lowest BCUT2D eigenvalue weighted by atomic mass is 10.0. The predicted octanol–water partition coefficient (Wildman–Crippen LogP) is 3.19.